The number of hydrogen-bond acceptors (Lipinski definition) is 5. The summed E-state index contributed by atoms with van der Waals surface area (Å²) in [4.78, 5) is 11.1. The predicted molar refractivity (Wildman–Crippen MR) is 77.7 cm³/mol. The van der Waals surface area contributed by atoms with Crippen molar-refractivity contribution in [2.75, 3.05) is 24.6 Å². The third-order valence-electron chi connectivity index (χ3n) is 3.47. The van der Waals surface area contributed by atoms with E-state index < -0.39 is 15.1 Å². The van der Waals surface area contributed by atoms with Crippen molar-refractivity contribution in [3.8, 4) is 0 Å². The number of hydrogen-bond donors (Lipinski definition) is 2. The normalized spacial score (nSPS) is 19.2. The molecule has 1 aliphatic rings. The molecule has 0 saturated carbocycles. The molecule has 116 valence electrons. The molecule has 1 heterocycles. The molecule has 3 N–H and O–H groups in total. The van der Waals surface area contributed by atoms with E-state index in [0.29, 0.717) is 0 Å². The van der Waals surface area contributed by atoms with Crippen LogP contribution in [-0.2, 0) is 10.0 Å². The zero-order valence-electron chi connectivity index (χ0n) is 11.4. The lowest BCUT2D eigenvalue weighted by Crippen LogP contribution is -2.41. The van der Waals surface area contributed by atoms with E-state index in [1.807, 2.05) is 0 Å². The average Bonchev–Trinajstić information content (AvgIpc) is 2.45. The molecule has 21 heavy (non-hydrogen) atoms. The van der Waals surface area contributed by atoms with Gasteiger partial charge in [0.1, 0.15) is 5.69 Å². The molecule has 0 aromatic heterocycles. The SMILES string of the molecule is NS(=O)(=O)c1cccc(N(CC2CCCNC2)[N+](=O)[O-])c1. The first kappa shape index (κ1) is 15.7. The Balaban J connectivity index is 2.23. The van der Waals surface area contributed by atoms with Crippen LogP contribution in [0.5, 0.6) is 0 Å². The summed E-state index contributed by atoms with van der Waals surface area (Å²) in [6.45, 7) is 1.88. The van der Waals surface area contributed by atoms with Crippen molar-refractivity contribution in [2.24, 2.45) is 11.1 Å². The third kappa shape index (κ3) is 4.13. The van der Waals surface area contributed by atoms with Crippen LogP contribution in [0.15, 0.2) is 29.2 Å². The number of nitrogens with zero attached hydrogens (tertiary/aromatic N) is 2. The molecule has 0 spiro atoms. The van der Waals surface area contributed by atoms with Crippen LogP contribution in [0.2, 0.25) is 0 Å². The summed E-state index contributed by atoms with van der Waals surface area (Å²) in [6.07, 6.45) is 1.89. The predicted octanol–water partition coefficient (Wildman–Crippen LogP) is 0.332. The molecule has 0 radical (unpaired) electrons. The molecule has 1 fully saturated rings. The summed E-state index contributed by atoms with van der Waals surface area (Å²) >= 11 is 0. The minimum atomic E-state index is -3.88. The van der Waals surface area contributed by atoms with Gasteiger partial charge in [-0.05, 0) is 50.0 Å². The Labute approximate surface area is 123 Å². The molecule has 0 bridgehead atoms. The third-order valence-corrected chi connectivity index (χ3v) is 4.38. The largest absolute Gasteiger partial charge is 0.316 e. The molecule has 1 aromatic rings. The van der Waals surface area contributed by atoms with E-state index in [2.05, 4.69) is 5.32 Å². The van der Waals surface area contributed by atoms with Gasteiger partial charge in [-0.1, -0.05) is 11.1 Å². The lowest BCUT2D eigenvalue weighted by Gasteiger charge is -2.25. The van der Waals surface area contributed by atoms with Crippen LogP contribution in [0.4, 0.5) is 5.69 Å². The standard InChI is InChI=1S/C12H18N4O4S/c13-21(19,20)12-5-1-4-11(7-12)15(16(17)18)9-10-3-2-6-14-8-10/h1,4-5,7,10,14H,2-3,6,8-9H2,(H2,13,19,20). The first-order valence-corrected chi connectivity index (χ1v) is 8.18. The van der Waals surface area contributed by atoms with Gasteiger partial charge in [0.05, 0.1) is 11.4 Å². The first-order chi connectivity index (χ1) is 9.88. The quantitative estimate of drug-likeness (QED) is 0.597. The number of benzene rings is 1. The van der Waals surface area contributed by atoms with Crippen LogP contribution in [0, 0.1) is 16.0 Å². The van der Waals surface area contributed by atoms with Crippen LogP contribution >= 0.6 is 0 Å². The van der Waals surface area contributed by atoms with E-state index in [1.165, 1.54) is 24.3 Å². The molecule has 1 aliphatic heterocycles. The minimum Gasteiger partial charge on any atom is -0.316 e. The fourth-order valence-electron chi connectivity index (χ4n) is 2.41. The van der Waals surface area contributed by atoms with Gasteiger partial charge in [-0.3, -0.25) is 0 Å². The number of nitrogens with one attached hydrogen (secondary N) is 1. The van der Waals surface area contributed by atoms with Crippen LogP contribution in [-0.4, -0.2) is 33.1 Å². The number of rotatable bonds is 5. The second-order valence-corrected chi connectivity index (χ2v) is 6.64. The van der Waals surface area contributed by atoms with Crippen LogP contribution < -0.4 is 15.5 Å². The summed E-state index contributed by atoms with van der Waals surface area (Å²) in [6, 6.07) is 5.51. The number of nitro groups is 1. The molecule has 0 aliphatic carbocycles. The molecule has 1 unspecified atom stereocenters. The van der Waals surface area contributed by atoms with Crippen molar-refractivity contribution >= 4 is 15.7 Å². The van der Waals surface area contributed by atoms with E-state index in [-0.39, 0.29) is 23.0 Å². The Bertz CT molecular complexity index is 613. The fourth-order valence-corrected chi connectivity index (χ4v) is 2.97. The second-order valence-electron chi connectivity index (χ2n) is 5.07. The van der Waals surface area contributed by atoms with Gasteiger partial charge in [-0.2, -0.15) is 0 Å². The zero-order valence-corrected chi connectivity index (χ0v) is 12.3. The molecule has 1 saturated heterocycles. The molecule has 9 heteroatoms. The van der Waals surface area contributed by atoms with Gasteiger partial charge in [-0.15, -0.1) is 0 Å². The zero-order chi connectivity index (χ0) is 15.5. The fraction of sp³-hybridized carbons (Fsp3) is 0.500. The van der Waals surface area contributed by atoms with Crippen LogP contribution in [0.1, 0.15) is 12.8 Å². The Hall–Kier alpha value is -1.71. The molecule has 0 amide bonds. The molecule has 8 nitrogen and oxygen atoms in total. The molecule has 1 atom stereocenters. The van der Waals surface area contributed by atoms with Gasteiger partial charge in [0.25, 0.3) is 0 Å². The Morgan fingerprint density at radius 2 is 2.24 bits per heavy atom. The number of anilines is 1. The smallest absolute Gasteiger partial charge is 0.238 e. The second kappa shape index (κ2) is 6.37. The van der Waals surface area contributed by atoms with Gasteiger partial charge < -0.3 is 5.32 Å². The lowest BCUT2D eigenvalue weighted by molar-refractivity contribution is -0.495. The minimum absolute atomic E-state index is 0.131. The van der Waals surface area contributed by atoms with Crippen molar-refractivity contribution in [3.05, 3.63) is 34.4 Å². The summed E-state index contributed by atoms with van der Waals surface area (Å²) in [5.74, 6) is 0.155. The number of sulfonamides is 1. The maximum Gasteiger partial charge on any atom is 0.238 e. The van der Waals surface area contributed by atoms with E-state index in [0.717, 1.165) is 30.9 Å². The molecule has 1 aromatic carbocycles. The van der Waals surface area contributed by atoms with Crippen LogP contribution in [0.3, 0.4) is 0 Å². The average molecular weight is 314 g/mol. The van der Waals surface area contributed by atoms with Gasteiger partial charge in [0.2, 0.25) is 10.0 Å². The molecule has 2 rings (SSSR count). The van der Waals surface area contributed by atoms with Crippen LogP contribution in [0.25, 0.3) is 0 Å². The van der Waals surface area contributed by atoms with Gasteiger partial charge in [-0.25, -0.2) is 23.7 Å². The highest BCUT2D eigenvalue weighted by Gasteiger charge is 2.25. The van der Waals surface area contributed by atoms with E-state index in [1.54, 1.807) is 0 Å². The van der Waals surface area contributed by atoms with Gasteiger partial charge in [0, 0.05) is 0 Å². The van der Waals surface area contributed by atoms with Crippen molar-refractivity contribution in [2.45, 2.75) is 17.7 Å². The van der Waals surface area contributed by atoms with Crippen molar-refractivity contribution in [1.29, 1.82) is 0 Å². The number of hydrazine groups is 1. The maximum absolute atomic E-state index is 11.3. The topological polar surface area (TPSA) is 119 Å². The van der Waals surface area contributed by atoms with Crippen molar-refractivity contribution in [1.82, 2.24) is 5.32 Å². The number of piperidine rings is 1. The highest BCUT2D eigenvalue weighted by Crippen LogP contribution is 2.21. The summed E-state index contributed by atoms with van der Waals surface area (Å²) < 4.78 is 22.7. The van der Waals surface area contributed by atoms with E-state index in [9.17, 15) is 18.5 Å². The van der Waals surface area contributed by atoms with E-state index in [4.69, 9.17) is 5.14 Å². The summed E-state index contributed by atoms with van der Waals surface area (Å²) in [7, 11) is -3.88. The van der Waals surface area contributed by atoms with Gasteiger partial charge >= 0.3 is 0 Å². The Morgan fingerprint density at radius 3 is 2.81 bits per heavy atom. The maximum atomic E-state index is 11.3. The first-order valence-electron chi connectivity index (χ1n) is 6.63. The number of primary sulfonamides is 1. The van der Waals surface area contributed by atoms with Crippen molar-refractivity contribution < 1.29 is 13.5 Å². The Morgan fingerprint density at radius 1 is 1.48 bits per heavy atom. The van der Waals surface area contributed by atoms with Gasteiger partial charge in [0.15, 0.2) is 5.03 Å². The highest BCUT2D eigenvalue weighted by atomic mass is 32.2. The highest BCUT2D eigenvalue weighted by molar-refractivity contribution is 7.89. The Kier molecular flexibility index (Phi) is 4.76. The monoisotopic (exact) mass is 314 g/mol. The van der Waals surface area contributed by atoms with E-state index >= 15 is 0 Å². The lowest BCUT2D eigenvalue weighted by atomic mass is 9.99. The molecular weight excluding hydrogens is 296 g/mol. The summed E-state index contributed by atoms with van der Waals surface area (Å²) in [5.41, 5.74) is 0.220. The summed E-state index contributed by atoms with van der Waals surface area (Å²) in [5, 5.41) is 20.0. The number of nitrogens with two attached hydrogens (primary N) is 1. The van der Waals surface area contributed by atoms with Crippen molar-refractivity contribution in [3.63, 3.8) is 0 Å². The molecular formula is C12H18N4O4S.